The molecule has 0 heterocycles. The molecular weight excluding hydrogens is 1800 g/mol. The largest absolute Gasteiger partial charge is 0.0616 e. The van der Waals surface area contributed by atoms with E-state index in [2.05, 4.69) is 558 Å². The van der Waals surface area contributed by atoms with Crippen LogP contribution in [0.3, 0.4) is 0 Å². The van der Waals surface area contributed by atoms with Gasteiger partial charge in [0.15, 0.2) is 0 Å². The number of rotatable bonds is 10. The topological polar surface area (TPSA) is 0 Å². The summed E-state index contributed by atoms with van der Waals surface area (Å²) in [6.45, 7) is 0. The molecule has 0 radical (unpaired) electrons. The molecule has 0 N–H and O–H groups in total. The van der Waals surface area contributed by atoms with Crippen LogP contribution in [0, 0.1) is 0 Å². The van der Waals surface area contributed by atoms with Gasteiger partial charge in [-0.15, -0.1) is 0 Å². The minimum Gasteiger partial charge on any atom is -0.0616 e. The Hall–Kier alpha value is -19.5. The Morgan fingerprint density at radius 2 is 0.293 bits per heavy atom. The van der Waals surface area contributed by atoms with Crippen molar-refractivity contribution < 1.29 is 0 Å². The van der Waals surface area contributed by atoms with Crippen LogP contribution in [0.15, 0.2) is 558 Å². The van der Waals surface area contributed by atoms with Gasteiger partial charge in [0.2, 0.25) is 0 Å². The third kappa shape index (κ3) is 14.1. The summed E-state index contributed by atoms with van der Waals surface area (Å²) in [7, 11) is 0. The molecule has 0 nitrogen and oxygen atoms in total. The van der Waals surface area contributed by atoms with E-state index < -0.39 is 0 Å². The summed E-state index contributed by atoms with van der Waals surface area (Å²) in [5.41, 5.74) is 35.7. The third-order valence-corrected chi connectivity index (χ3v) is 32.4. The molecule has 0 saturated heterocycles. The normalized spacial score (nSPS) is 11.9. The molecule has 0 saturated carbocycles. The fourth-order valence-corrected chi connectivity index (χ4v) is 25.5. The van der Waals surface area contributed by atoms with E-state index in [4.69, 9.17) is 0 Å². The van der Waals surface area contributed by atoms with E-state index in [9.17, 15) is 0 Å². The minimum atomic E-state index is 1.21. The number of benzene rings is 30. The first-order valence-corrected chi connectivity index (χ1v) is 52.2. The summed E-state index contributed by atoms with van der Waals surface area (Å²) in [4.78, 5) is 0. The summed E-state index contributed by atoms with van der Waals surface area (Å²) < 4.78 is 0. The first kappa shape index (κ1) is 86.0. The Morgan fingerprint density at radius 1 is 0.0733 bits per heavy atom. The van der Waals surface area contributed by atoms with Crippen molar-refractivity contribution in [2.45, 2.75) is 0 Å². The molecule has 0 atom stereocenters. The van der Waals surface area contributed by atoms with Crippen LogP contribution in [0.5, 0.6) is 0 Å². The average Bonchev–Trinajstić information content (AvgIpc) is 1.45. The standard InChI is InChI=1S/2C50H30.C50H32/c1-2-15-38-31(10-1)22-23-35-28-34(24-26-39(35)38)33-13-7-14-36(29-33)49-42-16-3-5-18-44(42)50(45-19-6-4-17-43(45)49)37-25-27-40-41-20-8-11-32-12-9-21-46(48(32)41)47(40)30-37;1-2-14-36-31(11-1)23-24-34-29-33(25-26-37(34)36)32-12-9-13-35(30-32)48-41-17-5-7-19-43(41)50(44-20-8-6-18-42(44)48)47-28-27-46-39-16-4-3-15-38(39)40-21-10-22-45(47)49(40)46;1-2-11-39-32-42(28-23-33(39)9-1)50-47-15-7-5-13-45(47)49(46-14-6-8-16-48(46)50)38-25-21-35(22-26-38)34-17-19-36(20-18-34)40-29-30-44-41(31-40)27-24-37-10-3-4-12-43(37)44/h2*1-30H;1-32H. The maximum absolute atomic E-state index is 2.43. The molecule has 0 aliphatic heterocycles. The minimum absolute atomic E-state index is 1.21. The summed E-state index contributed by atoms with van der Waals surface area (Å²) >= 11 is 0. The van der Waals surface area contributed by atoms with Crippen molar-refractivity contribution in [2.75, 3.05) is 0 Å². The van der Waals surface area contributed by atoms with Crippen molar-refractivity contribution in [2.24, 2.45) is 0 Å². The second-order valence-electron chi connectivity index (χ2n) is 40.5. The SMILES string of the molecule is c1cc(-c2ccc3c(ccc4ccccc43)c2)cc(-c2c3ccccc3c(-c3ccc4c(c3)-c3cccc5cccc-4c35)c3ccccc23)c1.c1cc(-c2ccc3c(ccc4ccccc43)c2)cc(-c2c3ccccc3c(-c3ccc4c5c(cccc35)-c3ccccc3-4)c3ccccc23)c1.c1ccc2cc(-c3c4ccccc4c(-c4ccc(-c5ccc(-c6ccc7c(ccc8ccccc87)c6)cc5)cc4)c4ccccc34)ccc2c1. The highest BCUT2D eigenvalue weighted by molar-refractivity contribution is 6.29. The van der Waals surface area contributed by atoms with Crippen molar-refractivity contribution in [1.82, 2.24) is 0 Å². The van der Waals surface area contributed by atoms with Crippen LogP contribution in [-0.4, -0.2) is 0 Å². The summed E-state index contributed by atoms with van der Waals surface area (Å²) in [5.74, 6) is 0. The van der Waals surface area contributed by atoms with E-state index in [1.807, 2.05) is 0 Å². The van der Waals surface area contributed by atoms with Gasteiger partial charge in [-0.25, -0.2) is 0 Å². The second kappa shape index (κ2) is 35.2. The molecule has 0 fully saturated rings. The van der Waals surface area contributed by atoms with Crippen molar-refractivity contribution in [3.63, 3.8) is 0 Å². The average molecular weight is 1890 g/mol. The molecule has 0 bridgehead atoms. The van der Waals surface area contributed by atoms with E-state index in [0.29, 0.717) is 0 Å². The zero-order valence-electron chi connectivity index (χ0n) is 82.1. The van der Waals surface area contributed by atoms with Gasteiger partial charge in [0.05, 0.1) is 0 Å². The monoisotopic (exact) mass is 1890 g/mol. The van der Waals surface area contributed by atoms with Gasteiger partial charge in [0, 0.05) is 0 Å². The Kier molecular flexibility index (Phi) is 20.2. The number of fused-ring (bicyclic) bond motifs is 22. The molecule has 32 rings (SSSR count). The van der Waals surface area contributed by atoms with Gasteiger partial charge in [-0.1, -0.05) is 516 Å². The predicted octanol–water partition coefficient (Wildman–Crippen LogP) is 42.3. The molecule has 0 amide bonds. The molecule has 0 unspecified atom stereocenters. The lowest BCUT2D eigenvalue weighted by Gasteiger charge is -2.19. The van der Waals surface area contributed by atoms with Crippen molar-refractivity contribution in [3.05, 3.63) is 558 Å². The molecule has 0 heteroatoms. The van der Waals surface area contributed by atoms with Crippen LogP contribution in [0.1, 0.15) is 0 Å². The van der Waals surface area contributed by atoms with Gasteiger partial charge in [0.1, 0.15) is 0 Å². The lowest BCUT2D eigenvalue weighted by Crippen LogP contribution is -1.92. The Labute approximate surface area is 868 Å². The molecule has 0 spiro atoms. The van der Waals surface area contributed by atoms with Crippen LogP contribution < -0.4 is 0 Å². The first-order chi connectivity index (χ1) is 74.4. The first-order valence-electron chi connectivity index (χ1n) is 52.2. The van der Waals surface area contributed by atoms with Gasteiger partial charge >= 0.3 is 0 Å². The van der Waals surface area contributed by atoms with E-state index in [0.717, 1.165) is 0 Å². The van der Waals surface area contributed by atoms with E-state index in [1.54, 1.807) is 0 Å². The Balaban J connectivity index is 0.000000103. The van der Waals surface area contributed by atoms with Crippen LogP contribution in [0.2, 0.25) is 0 Å². The number of hydrogen-bond donors (Lipinski definition) is 0. The maximum Gasteiger partial charge on any atom is -0.00201 e. The molecule has 0 aromatic heterocycles. The van der Waals surface area contributed by atoms with Crippen LogP contribution >= 0.6 is 0 Å². The van der Waals surface area contributed by atoms with Gasteiger partial charge in [0.25, 0.3) is 0 Å². The van der Waals surface area contributed by atoms with Crippen molar-refractivity contribution in [1.29, 1.82) is 0 Å². The van der Waals surface area contributed by atoms with Crippen LogP contribution in [0.25, 0.3) is 317 Å². The molecule has 150 heavy (non-hydrogen) atoms. The summed E-state index contributed by atoms with van der Waals surface area (Å²) in [6.07, 6.45) is 0. The lowest BCUT2D eigenvalue weighted by molar-refractivity contribution is 1.60. The molecule has 30 aromatic rings. The second-order valence-corrected chi connectivity index (χ2v) is 40.5. The fourth-order valence-electron chi connectivity index (χ4n) is 25.5. The van der Waals surface area contributed by atoms with Gasteiger partial charge < -0.3 is 0 Å². The van der Waals surface area contributed by atoms with E-state index >= 15 is 0 Å². The zero-order valence-corrected chi connectivity index (χ0v) is 82.1. The molecular formula is C150H92. The van der Waals surface area contributed by atoms with Crippen LogP contribution in [0.4, 0.5) is 0 Å². The smallest absolute Gasteiger partial charge is 0.00201 e. The molecule has 692 valence electrons. The Morgan fingerprint density at radius 3 is 0.727 bits per heavy atom. The van der Waals surface area contributed by atoms with Gasteiger partial charge in [-0.05, 0) is 360 Å². The summed E-state index contributed by atoms with van der Waals surface area (Å²) in [6, 6.07) is 206. The fraction of sp³-hybridized carbons (Fsp3) is 0. The predicted molar refractivity (Wildman–Crippen MR) is 645 cm³/mol. The quantitative estimate of drug-likeness (QED) is 0.0946. The zero-order chi connectivity index (χ0) is 98.5. The van der Waals surface area contributed by atoms with Crippen LogP contribution in [-0.2, 0) is 0 Å². The highest BCUT2D eigenvalue weighted by Gasteiger charge is 2.29. The lowest BCUT2D eigenvalue weighted by atomic mass is 9.83. The van der Waals surface area contributed by atoms with E-state index in [1.165, 1.54) is 317 Å². The highest BCUT2D eigenvalue weighted by Crippen LogP contribution is 2.56. The van der Waals surface area contributed by atoms with Crippen molar-refractivity contribution in [3.8, 4) is 156 Å². The van der Waals surface area contributed by atoms with Gasteiger partial charge in [-0.2, -0.15) is 0 Å². The van der Waals surface area contributed by atoms with Crippen molar-refractivity contribution >= 4 is 162 Å². The molecule has 30 aromatic carbocycles. The number of hydrogen-bond acceptors (Lipinski definition) is 0. The maximum atomic E-state index is 2.43. The van der Waals surface area contributed by atoms with Gasteiger partial charge in [-0.3, -0.25) is 0 Å². The highest BCUT2D eigenvalue weighted by atomic mass is 14.3. The Bertz CT molecular complexity index is 10700. The molecule has 2 aliphatic rings. The third-order valence-electron chi connectivity index (χ3n) is 32.4. The molecule has 2 aliphatic carbocycles. The summed E-state index contributed by atoms with van der Waals surface area (Å²) in [5, 5.41) is 38.6. The van der Waals surface area contributed by atoms with E-state index in [-0.39, 0.29) is 0 Å².